The first kappa shape index (κ1) is 13.1. The topological polar surface area (TPSA) is 35.8 Å². The highest BCUT2D eigenvalue weighted by Crippen LogP contribution is 2.28. The van der Waals surface area contributed by atoms with Gasteiger partial charge in [0.2, 0.25) is 0 Å². The van der Waals surface area contributed by atoms with Crippen molar-refractivity contribution in [2.24, 2.45) is 0 Å². The van der Waals surface area contributed by atoms with E-state index in [4.69, 9.17) is 5.26 Å². The number of nitriles is 1. The van der Waals surface area contributed by atoms with Crippen LogP contribution in [0.2, 0.25) is 0 Å². The lowest BCUT2D eigenvalue weighted by molar-refractivity contribution is 1.39. The van der Waals surface area contributed by atoms with Crippen LogP contribution in [0, 0.1) is 18.3 Å². The summed E-state index contributed by atoms with van der Waals surface area (Å²) in [7, 11) is 0. The molecular formula is C14H10Br2N2. The van der Waals surface area contributed by atoms with E-state index in [1.807, 2.05) is 37.3 Å². The number of halogens is 2. The van der Waals surface area contributed by atoms with Gasteiger partial charge in [-0.05, 0) is 42.8 Å². The first-order chi connectivity index (χ1) is 8.60. The lowest BCUT2D eigenvalue weighted by atomic mass is 10.1. The molecule has 18 heavy (non-hydrogen) atoms. The Labute approximate surface area is 123 Å². The van der Waals surface area contributed by atoms with Crippen LogP contribution >= 0.6 is 31.9 Å². The maximum absolute atomic E-state index is 8.95. The summed E-state index contributed by atoms with van der Waals surface area (Å²) in [5.41, 5.74) is 3.67. The molecule has 1 N–H and O–H groups in total. The van der Waals surface area contributed by atoms with Gasteiger partial charge in [0, 0.05) is 20.3 Å². The molecule has 0 aliphatic carbocycles. The van der Waals surface area contributed by atoms with Gasteiger partial charge in [-0.25, -0.2) is 0 Å². The van der Waals surface area contributed by atoms with Gasteiger partial charge in [-0.3, -0.25) is 0 Å². The van der Waals surface area contributed by atoms with Crippen molar-refractivity contribution >= 4 is 43.2 Å². The van der Waals surface area contributed by atoms with Crippen LogP contribution in [0.1, 0.15) is 11.1 Å². The zero-order valence-corrected chi connectivity index (χ0v) is 12.8. The van der Waals surface area contributed by atoms with Crippen molar-refractivity contribution in [3.8, 4) is 6.07 Å². The van der Waals surface area contributed by atoms with Gasteiger partial charge in [-0.15, -0.1) is 0 Å². The fourth-order valence-electron chi connectivity index (χ4n) is 1.62. The van der Waals surface area contributed by atoms with Gasteiger partial charge in [-0.2, -0.15) is 5.26 Å². The van der Waals surface area contributed by atoms with E-state index in [1.54, 1.807) is 6.07 Å². The van der Waals surface area contributed by atoms with Gasteiger partial charge in [0.15, 0.2) is 0 Å². The molecule has 0 spiro atoms. The molecule has 2 nitrogen and oxygen atoms in total. The van der Waals surface area contributed by atoms with E-state index in [2.05, 4.69) is 43.2 Å². The predicted octanol–water partition coefficient (Wildman–Crippen LogP) is 5.14. The number of hydrogen-bond donors (Lipinski definition) is 1. The number of benzene rings is 2. The SMILES string of the molecule is Cc1c(Br)cccc1Nc1cc(Br)cc(C#N)c1. The second-order valence-electron chi connectivity index (χ2n) is 3.88. The van der Waals surface area contributed by atoms with E-state index in [0.29, 0.717) is 5.56 Å². The molecule has 0 fully saturated rings. The monoisotopic (exact) mass is 364 g/mol. The second-order valence-corrected chi connectivity index (χ2v) is 5.65. The third kappa shape index (κ3) is 2.92. The summed E-state index contributed by atoms with van der Waals surface area (Å²) in [6.07, 6.45) is 0. The molecule has 0 bridgehead atoms. The number of nitrogens with one attached hydrogen (secondary N) is 1. The Hall–Kier alpha value is -1.31. The van der Waals surface area contributed by atoms with E-state index in [0.717, 1.165) is 25.9 Å². The van der Waals surface area contributed by atoms with E-state index >= 15 is 0 Å². The lowest BCUT2D eigenvalue weighted by Crippen LogP contribution is -1.94. The van der Waals surface area contributed by atoms with Crippen molar-refractivity contribution in [1.29, 1.82) is 5.26 Å². The summed E-state index contributed by atoms with van der Waals surface area (Å²) >= 11 is 6.90. The molecule has 2 aromatic rings. The molecule has 0 saturated heterocycles. The zero-order chi connectivity index (χ0) is 13.1. The highest BCUT2D eigenvalue weighted by atomic mass is 79.9. The molecule has 0 unspecified atom stereocenters. The Morgan fingerprint density at radius 2 is 1.94 bits per heavy atom. The van der Waals surface area contributed by atoms with Crippen molar-refractivity contribution in [2.45, 2.75) is 6.92 Å². The molecule has 0 aromatic heterocycles. The van der Waals surface area contributed by atoms with Crippen LogP contribution in [0.25, 0.3) is 0 Å². The van der Waals surface area contributed by atoms with Crippen LogP contribution in [0.3, 0.4) is 0 Å². The third-order valence-electron chi connectivity index (χ3n) is 2.57. The van der Waals surface area contributed by atoms with Crippen LogP contribution in [-0.2, 0) is 0 Å². The second kappa shape index (κ2) is 5.55. The fourth-order valence-corrected chi connectivity index (χ4v) is 2.48. The number of anilines is 2. The summed E-state index contributed by atoms with van der Waals surface area (Å²) in [5.74, 6) is 0. The van der Waals surface area contributed by atoms with Gasteiger partial charge in [0.1, 0.15) is 0 Å². The highest BCUT2D eigenvalue weighted by Gasteiger charge is 2.04. The molecule has 2 rings (SSSR count). The summed E-state index contributed by atoms with van der Waals surface area (Å²) in [6, 6.07) is 13.7. The molecule has 0 radical (unpaired) electrons. The molecule has 0 aliphatic rings. The minimum atomic E-state index is 0.625. The summed E-state index contributed by atoms with van der Waals surface area (Å²) < 4.78 is 1.94. The van der Waals surface area contributed by atoms with E-state index < -0.39 is 0 Å². The molecule has 0 atom stereocenters. The fraction of sp³-hybridized carbons (Fsp3) is 0.0714. The zero-order valence-electron chi connectivity index (χ0n) is 9.67. The normalized spacial score (nSPS) is 9.89. The van der Waals surface area contributed by atoms with Crippen molar-refractivity contribution < 1.29 is 0 Å². The molecule has 90 valence electrons. The minimum Gasteiger partial charge on any atom is -0.355 e. The third-order valence-corrected chi connectivity index (χ3v) is 3.89. The van der Waals surface area contributed by atoms with Crippen LogP contribution in [-0.4, -0.2) is 0 Å². The van der Waals surface area contributed by atoms with Gasteiger partial charge in [-0.1, -0.05) is 37.9 Å². The van der Waals surface area contributed by atoms with Gasteiger partial charge in [0.05, 0.1) is 11.6 Å². The van der Waals surface area contributed by atoms with Gasteiger partial charge < -0.3 is 5.32 Å². The van der Waals surface area contributed by atoms with E-state index in [1.165, 1.54) is 0 Å². The smallest absolute Gasteiger partial charge is 0.0992 e. The van der Waals surface area contributed by atoms with E-state index in [9.17, 15) is 0 Å². The van der Waals surface area contributed by atoms with Crippen molar-refractivity contribution in [3.05, 3.63) is 56.5 Å². The van der Waals surface area contributed by atoms with Crippen molar-refractivity contribution in [1.82, 2.24) is 0 Å². The molecule has 0 heterocycles. The largest absolute Gasteiger partial charge is 0.355 e. The number of nitrogens with zero attached hydrogens (tertiary/aromatic N) is 1. The average molecular weight is 366 g/mol. The standard InChI is InChI=1S/C14H10Br2N2/c1-9-13(16)3-2-4-14(9)18-12-6-10(8-17)5-11(15)7-12/h2-7,18H,1H3. The lowest BCUT2D eigenvalue weighted by Gasteiger charge is -2.11. The Bertz CT molecular complexity index is 630. The molecule has 2 aromatic carbocycles. The van der Waals surface area contributed by atoms with Gasteiger partial charge in [0.25, 0.3) is 0 Å². The van der Waals surface area contributed by atoms with Crippen LogP contribution < -0.4 is 5.32 Å². The molecule has 0 aliphatic heterocycles. The molecule has 0 amide bonds. The summed E-state index contributed by atoms with van der Waals surface area (Å²) in [5, 5.41) is 12.3. The maximum atomic E-state index is 8.95. The average Bonchev–Trinajstić information content (AvgIpc) is 2.34. The Morgan fingerprint density at radius 1 is 1.17 bits per heavy atom. The Kier molecular flexibility index (Phi) is 4.05. The minimum absolute atomic E-state index is 0.625. The molecular weight excluding hydrogens is 356 g/mol. The summed E-state index contributed by atoms with van der Waals surface area (Å²) in [4.78, 5) is 0. The Balaban J connectivity index is 2.37. The van der Waals surface area contributed by atoms with Gasteiger partial charge >= 0.3 is 0 Å². The molecule has 0 saturated carbocycles. The number of rotatable bonds is 2. The van der Waals surface area contributed by atoms with Crippen LogP contribution in [0.4, 0.5) is 11.4 Å². The van der Waals surface area contributed by atoms with Crippen molar-refractivity contribution in [3.63, 3.8) is 0 Å². The predicted molar refractivity (Wildman–Crippen MR) is 81.0 cm³/mol. The summed E-state index contributed by atoms with van der Waals surface area (Å²) in [6.45, 7) is 2.04. The van der Waals surface area contributed by atoms with Crippen molar-refractivity contribution in [2.75, 3.05) is 5.32 Å². The van der Waals surface area contributed by atoms with Crippen LogP contribution in [0.15, 0.2) is 45.3 Å². The Morgan fingerprint density at radius 3 is 2.67 bits per heavy atom. The van der Waals surface area contributed by atoms with E-state index in [-0.39, 0.29) is 0 Å². The number of hydrogen-bond acceptors (Lipinski definition) is 2. The van der Waals surface area contributed by atoms with Crippen LogP contribution in [0.5, 0.6) is 0 Å². The first-order valence-corrected chi connectivity index (χ1v) is 6.91. The first-order valence-electron chi connectivity index (χ1n) is 5.33. The quantitative estimate of drug-likeness (QED) is 0.800. The highest BCUT2D eigenvalue weighted by molar-refractivity contribution is 9.10. The molecule has 4 heteroatoms. The maximum Gasteiger partial charge on any atom is 0.0992 e.